The molecule has 0 spiro atoms. The quantitative estimate of drug-likeness (QED) is 0.214. The van der Waals surface area contributed by atoms with Crippen LogP contribution < -0.4 is 0 Å². The molecule has 1 unspecified atom stereocenters. The standard InChI is InChI=1S/C29H33N7S/c1-5-10-25(12-8-9-14-34(3)4)36-21(2)26(19-33-36)23-15-28(29-24(17-31)18-32-35(29)20-23)37-27-13-7-6-11-22(27)16-30/h6-7,11,13,15,18-20,25H,5,8-10,12,14H2,1-4H3. The molecule has 37 heavy (non-hydrogen) atoms. The van der Waals surface area contributed by atoms with E-state index in [-0.39, 0.29) is 0 Å². The number of nitrogens with zero attached hydrogens (tertiary/aromatic N) is 7. The minimum Gasteiger partial charge on any atom is -0.309 e. The summed E-state index contributed by atoms with van der Waals surface area (Å²) >= 11 is 1.49. The number of fused-ring (bicyclic) bond motifs is 1. The number of hydrogen-bond donors (Lipinski definition) is 0. The van der Waals surface area contributed by atoms with Crippen molar-refractivity contribution in [2.24, 2.45) is 0 Å². The lowest BCUT2D eigenvalue weighted by Crippen LogP contribution is -2.15. The van der Waals surface area contributed by atoms with Crippen molar-refractivity contribution in [2.75, 3.05) is 20.6 Å². The highest BCUT2D eigenvalue weighted by Crippen LogP contribution is 2.38. The molecular formula is C29H33N7S. The van der Waals surface area contributed by atoms with Crippen LogP contribution in [-0.2, 0) is 0 Å². The monoisotopic (exact) mass is 511 g/mol. The van der Waals surface area contributed by atoms with Gasteiger partial charge in [-0.3, -0.25) is 4.68 Å². The van der Waals surface area contributed by atoms with Crippen molar-refractivity contribution >= 4 is 17.3 Å². The Morgan fingerprint density at radius 3 is 2.51 bits per heavy atom. The predicted molar refractivity (Wildman–Crippen MR) is 147 cm³/mol. The van der Waals surface area contributed by atoms with Gasteiger partial charge in [-0.15, -0.1) is 0 Å². The van der Waals surface area contributed by atoms with E-state index < -0.39 is 0 Å². The summed E-state index contributed by atoms with van der Waals surface area (Å²) in [6.07, 6.45) is 11.2. The molecule has 0 radical (unpaired) electrons. The van der Waals surface area contributed by atoms with E-state index in [0.29, 0.717) is 17.2 Å². The van der Waals surface area contributed by atoms with E-state index in [2.05, 4.69) is 60.8 Å². The van der Waals surface area contributed by atoms with E-state index in [0.717, 1.165) is 57.9 Å². The van der Waals surface area contributed by atoms with Gasteiger partial charge in [-0.25, -0.2) is 4.52 Å². The van der Waals surface area contributed by atoms with Gasteiger partial charge in [0.05, 0.1) is 35.1 Å². The molecule has 7 nitrogen and oxygen atoms in total. The molecule has 0 fully saturated rings. The van der Waals surface area contributed by atoms with Crippen LogP contribution in [0, 0.1) is 29.6 Å². The average Bonchev–Trinajstić information content (AvgIpc) is 3.49. The summed E-state index contributed by atoms with van der Waals surface area (Å²) in [6.45, 7) is 5.47. The molecule has 8 heteroatoms. The van der Waals surface area contributed by atoms with E-state index in [1.54, 1.807) is 10.7 Å². The van der Waals surface area contributed by atoms with Crippen LogP contribution in [0.25, 0.3) is 16.6 Å². The minimum atomic E-state index is 0.371. The molecule has 0 bridgehead atoms. The van der Waals surface area contributed by atoms with Gasteiger partial charge in [0.2, 0.25) is 0 Å². The number of nitriles is 2. The lowest BCUT2D eigenvalue weighted by molar-refractivity contribution is 0.348. The Morgan fingerprint density at radius 1 is 1.00 bits per heavy atom. The first-order valence-electron chi connectivity index (χ1n) is 12.7. The van der Waals surface area contributed by atoms with Crippen LogP contribution in [0.2, 0.25) is 0 Å². The first-order chi connectivity index (χ1) is 18.0. The smallest absolute Gasteiger partial charge is 0.103 e. The second-order valence-corrected chi connectivity index (χ2v) is 10.7. The van der Waals surface area contributed by atoms with Gasteiger partial charge in [0.15, 0.2) is 0 Å². The van der Waals surface area contributed by atoms with E-state index in [9.17, 15) is 10.5 Å². The second kappa shape index (κ2) is 12.1. The fraction of sp³-hybridized carbons (Fsp3) is 0.379. The van der Waals surface area contributed by atoms with Gasteiger partial charge >= 0.3 is 0 Å². The maximum absolute atomic E-state index is 9.70. The molecule has 0 N–H and O–H groups in total. The van der Waals surface area contributed by atoms with Crippen molar-refractivity contribution in [3.63, 3.8) is 0 Å². The van der Waals surface area contributed by atoms with E-state index in [1.807, 2.05) is 36.7 Å². The molecule has 3 heterocycles. The van der Waals surface area contributed by atoms with Crippen molar-refractivity contribution in [3.05, 3.63) is 65.7 Å². The summed E-state index contributed by atoms with van der Waals surface area (Å²) in [5.41, 5.74) is 5.04. The first-order valence-corrected chi connectivity index (χ1v) is 13.6. The molecule has 1 atom stereocenters. The Bertz CT molecular complexity index is 1450. The molecule has 1 aromatic carbocycles. The number of benzene rings is 1. The SMILES string of the molecule is CCCC(CCCCN(C)C)n1ncc(-c2cc(Sc3ccccc3C#N)c3c(C#N)cnn3c2)c1C. The summed E-state index contributed by atoms with van der Waals surface area (Å²) in [6, 6.07) is 14.5. The van der Waals surface area contributed by atoms with Crippen molar-refractivity contribution in [1.29, 1.82) is 10.5 Å². The Labute approximate surface area is 223 Å². The molecule has 4 rings (SSSR count). The first kappa shape index (κ1) is 26.5. The second-order valence-electron chi connectivity index (χ2n) is 9.60. The third kappa shape index (κ3) is 5.88. The highest BCUT2D eigenvalue weighted by Gasteiger charge is 2.20. The number of aromatic nitrogens is 4. The largest absolute Gasteiger partial charge is 0.309 e. The maximum atomic E-state index is 9.70. The summed E-state index contributed by atoms with van der Waals surface area (Å²) < 4.78 is 3.97. The molecule has 0 aliphatic carbocycles. The fourth-order valence-corrected chi connectivity index (χ4v) is 5.86. The molecule has 3 aromatic heterocycles. The Kier molecular flexibility index (Phi) is 8.66. The van der Waals surface area contributed by atoms with Crippen molar-refractivity contribution in [1.82, 2.24) is 24.3 Å². The highest BCUT2D eigenvalue weighted by atomic mass is 32.2. The zero-order valence-electron chi connectivity index (χ0n) is 22.0. The van der Waals surface area contributed by atoms with Gasteiger partial charge in [-0.1, -0.05) is 43.7 Å². The predicted octanol–water partition coefficient (Wildman–Crippen LogP) is 6.47. The minimum absolute atomic E-state index is 0.371. The summed E-state index contributed by atoms with van der Waals surface area (Å²) in [5, 5.41) is 28.6. The summed E-state index contributed by atoms with van der Waals surface area (Å²) in [4.78, 5) is 3.97. The molecule has 0 saturated carbocycles. The van der Waals surface area contributed by atoms with Crippen LogP contribution in [-0.4, -0.2) is 44.9 Å². The summed E-state index contributed by atoms with van der Waals surface area (Å²) in [5.74, 6) is 0. The van der Waals surface area contributed by atoms with Crippen LogP contribution in [0.15, 0.2) is 58.7 Å². The lowest BCUT2D eigenvalue weighted by atomic mass is 10.0. The van der Waals surface area contributed by atoms with Crippen LogP contribution in [0.5, 0.6) is 0 Å². The van der Waals surface area contributed by atoms with Crippen LogP contribution >= 0.6 is 11.8 Å². The van der Waals surface area contributed by atoms with Gasteiger partial charge < -0.3 is 4.90 Å². The van der Waals surface area contributed by atoms with Crippen molar-refractivity contribution < 1.29 is 0 Å². The lowest BCUT2D eigenvalue weighted by Gasteiger charge is -2.20. The number of rotatable bonds is 11. The molecular weight excluding hydrogens is 478 g/mol. The van der Waals surface area contributed by atoms with Crippen LogP contribution in [0.3, 0.4) is 0 Å². The van der Waals surface area contributed by atoms with Gasteiger partial charge in [-0.2, -0.15) is 20.7 Å². The van der Waals surface area contributed by atoms with E-state index in [1.165, 1.54) is 24.6 Å². The number of unbranched alkanes of at least 4 members (excludes halogenated alkanes) is 1. The Hall–Kier alpha value is -3.59. The molecule has 0 saturated heterocycles. The number of pyridine rings is 1. The Balaban J connectivity index is 1.72. The third-order valence-electron chi connectivity index (χ3n) is 6.64. The zero-order valence-corrected chi connectivity index (χ0v) is 22.8. The number of hydrogen-bond acceptors (Lipinski definition) is 6. The molecule has 0 aliphatic rings. The average molecular weight is 512 g/mol. The maximum Gasteiger partial charge on any atom is 0.103 e. The van der Waals surface area contributed by atoms with Crippen molar-refractivity contribution in [3.8, 4) is 23.3 Å². The molecule has 0 aliphatic heterocycles. The van der Waals surface area contributed by atoms with Gasteiger partial charge in [0.1, 0.15) is 12.1 Å². The van der Waals surface area contributed by atoms with Crippen molar-refractivity contribution in [2.45, 2.75) is 61.8 Å². The normalized spacial score (nSPS) is 12.1. The summed E-state index contributed by atoms with van der Waals surface area (Å²) in [7, 11) is 4.24. The topological polar surface area (TPSA) is 85.9 Å². The van der Waals surface area contributed by atoms with E-state index in [4.69, 9.17) is 5.10 Å². The zero-order chi connectivity index (χ0) is 26.4. The van der Waals surface area contributed by atoms with E-state index >= 15 is 0 Å². The van der Waals surface area contributed by atoms with Gasteiger partial charge in [0.25, 0.3) is 0 Å². The van der Waals surface area contributed by atoms with Gasteiger partial charge in [-0.05, 0) is 65.0 Å². The third-order valence-corrected chi connectivity index (χ3v) is 7.75. The molecule has 0 amide bonds. The highest BCUT2D eigenvalue weighted by molar-refractivity contribution is 7.99. The Morgan fingerprint density at radius 2 is 1.78 bits per heavy atom. The van der Waals surface area contributed by atoms with Gasteiger partial charge in [0, 0.05) is 32.8 Å². The fourth-order valence-electron chi connectivity index (χ4n) is 4.76. The van der Waals surface area contributed by atoms with Crippen LogP contribution in [0.4, 0.5) is 0 Å². The van der Waals surface area contributed by atoms with Crippen LogP contribution in [0.1, 0.15) is 61.9 Å². The molecule has 190 valence electrons. The molecule has 4 aromatic rings.